The van der Waals surface area contributed by atoms with Gasteiger partial charge < -0.3 is 4.90 Å². The van der Waals surface area contributed by atoms with Crippen molar-refractivity contribution in [2.75, 3.05) is 13.1 Å². The van der Waals surface area contributed by atoms with Crippen LogP contribution in [0.3, 0.4) is 0 Å². The zero-order valence-corrected chi connectivity index (χ0v) is 16.4. The molecule has 144 valence electrons. The molecule has 0 spiro atoms. The maximum Gasteiger partial charge on any atom is 0.235 e. The van der Waals surface area contributed by atoms with Crippen LogP contribution in [0.2, 0.25) is 0 Å². The van der Waals surface area contributed by atoms with Crippen LogP contribution in [0.1, 0.15) is 51.5 Å². The van der Waals surface area contributed by atoms with Crippen molar-refractivity contribution in [3.63, 3.8) is 0 Å². The number of rotatable bonds is 5. The van der Waals surface area contributed by atoms with Gasteiger partial charge in [0.25, 0.3) is 0 Å². The Morgan fingerprint density at radius 1 is 1.15 bits per heavy atom. The molecule has 1 aliphatic carbocycles. The molecule has 2 aliphatic rings. The van der Waals surface area contributed by atoms with Crippen LogP contribution in [-0.2, 0) is 4.79 Å². The van der Waals surface area contributed by atoms with Gasteiger partial charge in [0.2, 0.25) is 5.91 Å². The highest BCUT2D eigenvalue weighted by atomic mass is 32.2. The maximum absolute atomic E-state index is 14.3. The van der Waals surface area contributed by atoms with E-state index in [0.717, 1.165) is 38.8 Å². The van der Waals surface area contributed by atoms with E-state index in [4.69, 9.17) is 0 Å². The number of thioether (sulfide) groups is 1. The third-order valence-electron chi connectivity index (χ3n) is 5.24. The van der Waals surface area contributed by atoms with Crippen molar-refractivity contribution in [3.05, 3.63) is 30.1 Å². The van der Waals surface area contributed by atoms with Crippen LogP contribution in [-0.4, -0.2) is 43.9 Å². The van der Waals surface area contributed by atoms with Gasteiger partial charge in [-0.3, -0.25) is 9.36 Å². The third kappa shape index (κ3) is 4.03. The molecular weight excluding hydrogens is 363 g/mol. The van der Waals surface area contributed by atoms with Crippen LogP contribution in [0.25, 0.3) is 11.4 Å². The molecule has 1 amide bonds. The SMILES string of the molecule is C[C@@H](Sc1nnc(-c2ccccc2F)n1C1CC1)C(=O)N1CCCCCC1. The molecule has 2 fully saturated rings. The molecule has 1 aromatic heterocycles. The molecule has 1 saturated heterocycles. The van der Waals surface area contributed by atoms with Gasteiger partial charge in [0.1, 0.15) is 5.82 Å². The summed E-state index contributed by atoms with van der Waals surface area (Å²) < 4.78 is 16.3. The van der Waals surface area contributed by atoms with Crippen LogP contribution in [0, 0.1) is 5.82 Å². The summed E-state index contributed by atoms with van der Waals surface area (Å²) in [5, 5.41) is 9.09. The summed E-state index contributed by atoms with van der Waals surface area (Å²) in [7, 11) is 0. The fraction of sp³-hybridized carbons (Fsp3) is 0.550. The number of benzene rings is 1. The Labute approximate surface area is 163 Å². The molecule has 27 heavy (non-hydrogen) atoms. The molecule has 5 nitrogen and oxygen atoms in total. The molecule has 7 heteroatoms. The molecule has 4 rings (SSSR count). The molecule has 0 unspecified atom stereocenters. The first-order valence-electron chi connectivity index (χ1n) is 9.80. The molecule has 1 saturated carbocycles. The van der Waals surface area contributed by atoms with Gasteiger partial charge in [0, 0.05) is 19.1 Å². The second kappa shape index (κ2) is 8.00. The first-order valence-corrected chi connectivity index (χ1v) is 10.7. The van der Waals surface area contributed by atoms with Gasteiger partial charge in [-0.15, -0.1) is 10.2 Å². The normalized spacial score (nSPS) is 19.0. The zero-order valence-electron chi connectivity index (χ0n) is 15.6. The standard InChI is InChI=1S/C20H25FN4OS/c1-14(19(26)24-12-6-2-3-7-13-24)27-20-23-22-18(25(20)15-10-11-15)16-8-4-5-9-17(16)21/h4-5,8-9,14-15H,2-3,6-7,10-13H2,1H3/t14-/m1/s1. The summed E-state index contributed by atoms with van der Waals surface area (Å²) in [6, 6.07) is 6.96. The Hall–Kier alpha value is -1.89. The van der Waals surface area contributed by atoms with E-state index in [1.54, 1.807) is 12.1 Å². The first-order chi connectivity index (χ1) is 13.1. The lowest BCUT2D eigenvalue weighted by Crippen LogP contribution is -2.37. The maximum atomic E-state index is 14.3. The van der Waals surface area contributed by atoms with Gasteiger partial charge >= 0.3 is 0 Å². The molecule has 2 heterocycles. The Kier molecular flexibility index (Phi) is 5.48. The summed E-state index contributed by atoms with van der Waals surface area (Å²) in [6.07, 6.45) is 6.65. The topological polar surface area (TPSA) is 51.0 Å². The average Bonchev–Trinajstić information content (AvgIpc) is 3.47. The van der Waals surface area contributed by atoms with E-state index >= 15 is 0 Å². The van der Waals surface area contributed by atoms with Crippen LogP contribution >= 0.6 is 11.8 Å². The highest BCUT2D eigenvalue weighted by Gasteiger charge is 2.33. The van der Waals surface area contributed by atoms with E-state index in [0.29, 0.717) is 22.6 Å². The minimum Gasteiger partial charge on any atom is -0.342 e. The van der Waals surface area contributed by atoms with Gasteiger partial charge in [0.05, 0.1) is 10.8 Å². The van der Waals surface area contributed by atoms with Crippen LogP contribution < -0.4 is 0 Å². The third-order valence-corrected chi connectivity index (χ3v) is 6.28. The van der Waals surface area contributed by atoms with E-state index in [1.165, 1.54) is 30.7 Å². The van der Waals surface area contributed by atoms with Crippen molar-refractivity contribution in [2.24, 2.45) is 0 Å². The minimum absolute atomic E-state index is 0.166. The van der Waals surface area contributed by atoms with Gasteiger partial charge in [-0.2, -0.15) is 0 Å². The van der Waals surface area contributed by atoms with Crippen molar-refractivity contribution in [1.82, 2.24) is 19.7 Å². The average molecular weight is 389 g/mol. The zero-order chi connectivity index (χ0) is 18.8. The number of nitrogens with zero attached hydrogens (tertiary/aromatic N) is 4. The van der Waals surface area contributed by atoms with E-state index in [2.05, 4.69) is 10.2 Å². The fourth-order valence-electron chi connectivity index (χ4n) is 3.60. The fourth-order valence-corrected chi connectivity index (χ4v) is 4.61. The van der Waals surface area contributed by atoms with Crippen LogP contribution in [0.4, 0.5) is 4.39 Å². The Morgan fingerprint density at radius 3 is 2.52 bits per heavy atom. The lowest BCUT2D eigenvalue weighted by atomic mass is 10.2. The number of hydrogen-bond donors (Lipinski definition) is 0. The first kappa shape index (κ1) is 18.5. The summed E-state index contributed by atoms with van der Waals surface area (Å²) in [4.78, 5) is 14.9. The number of halogens is 1. The Bertz CT molecular complexity index is 812. The van der Waals surface area contributed by atoms with Gasteiger partial charge in [-0.1, -0.05) is 36.7 Å². The Morgan fingerprint density at radius 2 is 1.85 bits per heavy atom. The largest absolute Gasteiger partial charge is 0.342 e. The highest BCUT2D eigenvalue weighted by molar-refractivity contribution is 8.00. The number of aromatic nitrogens is 3. The summed E-state index contributed by atoms with van der Waals surface area (Å²) in [6.45, 7) is 3.63. The molecular formula is C20H25FN4OS. The molecule has 1 aliphatic heterocycles. The van der Waals surface area contributed by atoms with Crippen LogP contribution in [0.5, 0.6) is 0 Å². The van der Waals surface area contributed by atoms with E-state index in [9.17, 15) is 9.18 Å². The highest BCUT2D eigenvalue weighted by Crippen LogP contribution is 2.42. The molecule has 2 aromatic rings. The number of carbonyl (C=O) groups is 1. The van der Waals surface area contributed by atoms with E-state index in [-0.39, 0.29) is 17.0 Å². The summed E-state index contributed by atoms with van der Waals surface area (Å²) in [5.74, 6) is 0.434. The smallest absolute Gasteiger partial charge is 0.235 e. The van der Waals surface area contributed by atoms with Crippen molar-refractivity contribution < 1.29 is 9.18 Å². The van der Waals surface area contributed by atoms with Crippen molar-refractivity contribution in [2.45, 2.75) is 61.9 Å². The lowest BCUT2D eigenvalue weighted by molar-refractivity contribution is -0.130. The molecule has 0 bridgehead atoms. The van der Waals surface area contributed by atoms with Crippen molar-refractivity contribution >= 4 is 17.7 Å². The number of likely N-dealkylation sites (tertiary alicyclic amines) is 1. The van der Waals surface area contributed by atoms with E-state index in [1.807, 2.05) is 22.5 Å². The van der Waals surface area contributed by atoms with Crippen molar-refractivity contribution in [1.29, 1.82) is 0 Å². The lowest BCUT2D eigenvalue weighted by Gasteiger charge is -2.23. The number of carbonyl (C=O) groups excluding carboxylic acids is 1. The molecule has 0 N–H and O–H groups in total. The van der Waals surface area contributed by atoms with Gasteiger partial charge in [-0.25, -0.2) is 4.39 Å². The molecule has 1 atom stereocenters. The monoisotopic (exact) mass is 388 g/mol. The van der Waals surface area contributed by atoms with Crippen molar-refractivity contribution in [3.8, 4) is 11.4 Å². The predicted octanol–water partition coefficient (Wildman–Crippen LogP) is 4.30. The number of hydrogen-bond acceptors (Lipinski definition) is 4. The second-order valence-electron chi connectivity index (χ2n) is 7.39. The minimum atomic E-state index is -0.294. The molecule has 0 radical (unpaired) electrons. The van der Waals surface area contributed by atoms with Gasteiger partial charge in [0.15, 0.2) is 11.0 Å². The Balaban J connectivity index is 1.55. The molecule has 1 aromatic carbocycles. The number of amides is 1. The van der Waals surface area contributed by atoms with Crippen LogP contribution in [0.15, 0.2) is 29.4 Å². The summed E-state index contributed by atoms with van der Waals surface area (Å²) in [5.41, 5.74) is 0.468. The predicted molar refractivity (Wildman–Crippen MR) is 104 cm³/mol. The second-order valence-corrected chi connectivity index (χ2v) is 8.69. The van der Waals surface area contributed by atoms with E-state index < -0.39 is 0 Å². The quantitative estimate of drug-likeness (QED) is 0.717. The summed E-state index contributed by atoms with van der Waals surface area (Å²) >= 11 is 1.44. The van der Waals surface area contributed by atoms with Gasteiger partial charge in [-0.05, 0) is 44.7 Å².